The lowest BCUT2D eigenvalue weighted by Gasteiger charge is -2.33. The van der Waals surface area contributed by atoms with Gasteiger partial charge >= 0.3 is 0 Å². The molecule has 2 heterocycles. The fourth-order valence-electron chi connectivity index (χ4n) is 2.15. The van der Waals surface area contributed by atoms with Gasteiger partial charge in [0, 0.05) is 32.6 Å². The number of thiophene rings is 1. The van der Waals surface area contributed by atoms with Gasteiger partial charge in [-0.3, -0.25) is 4.79 Å². The molecule has 0 bridgehead atoms. The number of carbonyl (C=O) groups excluding carboxylic acids is 1. The first kappa shape index (κ1) is 16.9. The van der Waals surface area contributed by atoms with E-state index in [4.69, 9.17) is 5.73 Å². The van der Waals surface area contributed by atoms with Crippen molar-refractivity contribution in [3.63, 3.8) is 0 Å². The second-order valence-electron chi connectivity index (χ2n) is 4.74. The first-order valence-electron chi connectivity index (χ1n) is 6.68. The molecule has 2 rings (SSSR count). The van der Waals surface area contributed by atoms with Gasteiger partial charge in [0.05, 0.1) is 3.79 Å². The molecule has 9 heteroatoms. The molecule has 0 radical (unpaired) electrons. The van der Waals surface area contributed by atoms with Crippen LogP contribution in [0.3, 0.4) is 0 Å². The molecule has 0 spiro atoms. The van der Waals surface area contributed by atoms with Gasteiger partial charge in [0.2, 0.25) is 5.91 Å². The van der Waals surface area contributed by atoms with E-state index in [9.17, 15) is 13.2 Å². The lowest BCUT2D eigenvalue weighted by molar-refractivity contribution is -0.132. The maximum Gasteiger partial charge on any atom is 0.252 e. The standard InChI is InChI=1S/C12H18BrN3O3S2/c13-10-3-4-12(20-10)21(18,19)16-8-6-15(7-9-16)11(17)2-1-5-14/h3-4H,1-2,5-9,14H2. The second kappa shape index (κ2) is 7.19. The van der Waals surface area contributed by atoms with E-state index in [1.54, 1.807) is 17.0 Å². The van der Waals surface area contributed by atoms with Crippen molar-refractivity contribution in [2.75, 3.05) is 32.7 Å². The highest BCUT2D eigenvalue weighted by Gasteiger charge is 2.30. The van der Waals surface area contributed by atoms with Crippen molar-refractivity contribution in [3.05, 3.63) is 15.9 Å². The summed E-state index contributed by atoms with van der Waals surface area (Å²) in [5.41, 5.74) is 5.39. The fourth-order valence-corrected chi connectivity index (χ4v) is 5.74. The smallest absolute Gasteiger partial charge is 0.252 e. The number of amides is 1. The molecular formula is C12H18BrN3O3S2. The van der Waals surface area contributed by atoms with E-state index in [-0.39, 0.29) is 5.91 Å². The zero-order valence-corrected chi connectivity index (χ0v) is 14.7. The van der Waals surface area contributed by atoms with Crippen molar-refractivity contribution in [1.29, 1.82) is 0 Å². The number of nitrogens with zero attached hydrogens (tertiary/aromatic N) is 2. The molecular weight excluding hydrogens is 378 g/mol. The Labute approximate surface area is 137 Å². The average molecular weight is 396 g/mol. The number of nitrogens with two attached hydrogens (primary N) is 1. The predicted molar refractivity (Wildman–Crippen MR) is 85.6 cm³/mol. The Hall–Kier alpha value is -0.480. The van der Waals surface area contributed by atoms with Crippen LogP contribution in [-0.2, 0) is 14.8 Å². The van der Waals surface area contributed by atoms with Gasteiger partial charge in [-0.1, -0.05) is 0 Å². The van der Waals surface area contributed by atoms with E-state index in [1.807, 2.05) is 0 Å². The van der Waals surface area contributed by atoms with E-state index in [1.165, 1.54) is 15.6 Å². The van der Waals surface area contributed by atoms with Crippen LogP contribution in [-0.4, -0.2) is 56.3 Å². The summed E-state index contributed by atoms with van der Waals surface area (Å²) in [6.07, 6.45) is 1.10. The van der Waals surface area contributed by atoms with Crippen LogP contribution >= 0.6 is 27.3 Å². The molecule has 1 aliphatic heterocycles. The molecule has 1 aromatic rings. The van der Waals surface area contributed by atoms with Gasteiger partial charge in [-0.2, -0.15) is 4.31 Å². The Bertz CT molecular complexity index is 595. The van der Waals surface area contributed by atoms with Gasteiger partial charge in [0.25, 0.3) is 10.0 Å². The Morgan fingerprint density at radius 2 is 1.95 bits per heavy atom. The lowest BCUT2D eigenvalue weighted by Crippen LogP contribution is -2.50. The maximum atomic E-state index is 12.4. The van der Waals surface area contributed by atoms with Crippen molar-refractivity contribution in [3.8, 4) is 0 Å². The maximum absolute atomic E-state index is 12.4. The minimum Gasteiger partial charge on any atom is -0.340 e. The van der Waals surface area contributed by atoms with Gasteiger partial charge in [-0.05, 0) is 41.0 Å². The quantitative estimate of drug-likeness (QED) is 0.808. The third kappa shape index (κ3) is 4.04. The number of sulfonamides is 1. The summed E-state index contributed by atoms with van der Waals surface area (Å²) in [6, 6.07) is 3.33. The van der Waals surface area contributed by atoms with Gasteiger partial charge in [-0.15, -0.1) is 11.3 Å². The molecule has 0 saturated carbocycles. The van der Waals surface area contributed by atoms with Crippen LogP contribution in [0, 0.1) is 0 Å². The second-order valence-corrected chi connectivity index (χ2v) is 9.36. The first-order chi connectivity index (χ1) is 9.95. The molecule has 21 heavy (non-hydrogen) atoms. The molecule has 1 aliphatic rings. The van der Waals surface area contributed by atoms with E-state index in [0.29, 0.717) is 49.8 Å². The predicted octanol–water partition coefficient (Wildman–Crippen LogP) is 1.08. The summed E-state index contributed by atoms with van der Waals surface area (Å²) in [6.45, 7) is 2.05. The molecule has 1 aromatic heterocycles. The minimum atomic E-state index is -3.44. The van der Waals surface area contributed by atoms with Crippen LogP contribution < -0.4 is 5.73 Å². The van der Waals surface area contributed by atoms with Crippen LogP contribution in [0.2, 0.25) is 0 Å². The van der Waals surface area contributed by atoms with E-state index >= 15 is 0 Å². The number of carbonyl (C=O) groups is 1. The highest BCUT2D eigenvalue weighted by atomic mass is 79.9. The first-order valence-corrected chi connectivity index (χ1v) is 9.73. The van der Waals surface area contributed by atoms with Crippen molar-refractivity contribution in [2.24, 2.45) is 5.73 Å². The highest BCUT2D eigenvalue weighted by Crippen LogP contribution is 2.28. The number of halogens is 1. The number of hydrogen-bond acceptors (Lipinski definition) is 5. The topological polar surface area (TPSA) is 83.7 Å². The molecule has 0 aromatic carbocycles. The third-order valence-corrected chi connectivity index (χ3v) is 7.32. The molecule has 6 nitrogen and oxygen atoms in total. The third-order valence-electron chi connectivity index (χ3n) is 3.33. The van der Waals surface area contributed by atoms with E-state index < -0.39 is 10.0 Å². The monoisotopic (exact) mass is 395 g/mol. The fraction of sp³-hybridized carbons (Fsp3) is 0.583. The molecule has 1 amide bonds. The van der Waals surface area contributed by atoms with Crippen LogP contribution in [0.15, 0.2) is 20.1 Å². The van der Waals surface area contributed by atoms with Crippen LogP contribution in [0.1, 0.15) is 12.8 Å². The Morgan fingerprint density at radius 1 is 1.29 bits per heavy atom. The van der Waals surface area contributed by atoms with Gasteiger partial charge < -0.3 is 10.6 Å². The van der Waals surface area contributed by atoms with Crippen molar-refractivity contribution < 1.29 is 13.2 Å². The summed E-state index contributed by atoms with van der Waals surface area (Å²) in [4.78, 5) is 13.6. The minimum absolute atomic E-state index is 0.0522. The van der Waals surface area contributed by atoms with Gasteiger partial charge in [0.1, 0.15) is 4.21 Å². The highest BCUT2D eigenvalue weighted by molar-refractivity contribution is 9.11. The van der Waals surface area contributed by atoms with Crippen molar-refractivity contribution >= 4 is 43.2 Å². The Balaban J connectivity index is 1.96. The zero-order valence-electron chi connectivity index (χ0n) is 11.5. The lowest BCUT2D eigenvalue weighted by atomic mass is 10.2. The van der Waals surface area contributed by atoms with Crippen molar-refractivity contribution in [1.82, 2.24) is 9.21 Å². The summed E-state index contributed by atoms with van der Waals surface area (Å²) < 4.78 is 27.5. The molecule has 0 unspecified atom stereocenters. The summed E-state index contributed by atoms with van der Waals surface area (Å²) in [5.74, 6) is 0.0522. The summed E-state index contributed by atoms with van der Waals surface area (Å²) in [5, 5.41) is 0. The SMILES string of the molecule is NCCCC(=O)N1CCN(S(=O)(=O)c2ccc(Br)s2)CC1. The summed E-state index contributed by atoms with van der Waals surface area (Å²) in [7, 11) is -3.44. The molecule has 0 atom stereocenters. The number of piperazine rings is 1. The van der Waals surface area contributed by atoms with Crippen LogP contribution in [0.4, 0.5) is 0 Å². The molecule has 118 valence electrons. The van der Waals surface area contributed by atoms with Crippen molar-refractivity contribution in [2.45, 2.75) is 17.1 Å². The van der Waals surface area contributed by atoms with Crippen LogP contribution in [0.5, 0.6) is 0 Å². The van der Waals surface area contributed by atoms with Gasteiger partial charge in [0.15, 0.2) is 0 Å². The van der Waals surface area contributed by atoms with Gasteiger partial charge in [-0.25, -0.2) is 8.42 Å². The zero-order chi connectivity index (χ0) is 15.5. The normalized spacial score (nSPS) is 17.1. The Kier molecular flexibility index (Phi) is 5.78. The average Bonchev–Trinajstić information content (AvgIpc) is 2.92. The number of rotatable bonds is 5. The van der Waals surface area contributed by atoms with E-state index in [2.05, 4.69) is 15.9 Å². The molecule has 0 aliphatic carbocycles. The molecule has 1 saturated heterocycles. The molecule has 1 fully saturated rings. The largest absolute Gasteiger partial charge is 0.340 e. The van der Waals surface area contributed by atoms with Crippen LogP contribution in [0.25, 0.3) is 0 Å². The summed E-state index contributed by atoms with van der Waals surface area (Å²) >= 11 is 4.47. The molecule has 2 N–H and O–H groups in total. The Morgan fingerprint density at radius 3 is 2.48 bits per heavy atom. The number of hydrogen-bond donors (Lipinski definition) is 1. The van der Waals surface area contributed by atoms with E-state index in [0.717, 1.165) is 3.79 Å².